The predicted molar refractivity (Wildman–Crippen MR) is 133 cm³/mol. The van der Waals surface area contributed by atoms with Gasteiger partial charge in [0.05, 0.1) is 11.1 Å². The van der Waals surface area contributed by atoms with Gasteiger partial charge in [-0.25, -0.2) is 9.59 Å². The minimum Gasteiger partial charge on any atom is -0.423 e. The molecule has 0 aliphatic heterocycles. The Hall–Kier alpha value is -4.44. The normalized spacial score (nSPS) is 11.7. The van der Waals surface area contributed by atoms with Crippen molar-refractivity contribution in [3.63, 3.8) is 0 Å². The minimum absolute atomic E-state index is 0.162. The number of hydrogen-bond donors (Lipinski definition) is 0. The van der Waals surface area contributed by atoms with Crippen LogP contribution in [-0.2, 0) is 0 Å². The Balaban J connectivity index is 1.32. The van der Waals surface area contributed by atoms with E-state index in [4.69, 9.17) is 9.47 Å². The van der Waals surface area contributed by atoms with Crippen molar-refractivity contribution in [2.45, 2.75) is 12.8 Å². The van der Waals surface area contributed by atoms with E-state index >= 15 is 0 Å². The van der Waals surface area contributed by atoms with Crippen molar-refractivity contribution in [2.24, 2.45) is 0 Å². The lowest BCUT2D eigenvalue weighted by Gasteiger charge is -2.09. The van der Waals surface area contributed by atoms with Crippen molar-refractivity contribution >= 4 is 18.0 Å². The molecule has 4 heteroatoms. The van der Waals surface area contributed by atoms with Crippen LogP contribution < -0.4 is 9.47 Å². The van der Waals surface area contributed by atoms with Crippen LogP contribution in [-0.4, -0.2) is 11.9 Å². The maximum Gasteiger partial charge on any atom is 0.343 e. The second-order valence-electron chi connectivity index (χ2n) is 7.80. The summed E-state index contributed by atoms with van der Waals surface area (Å²) < 4.78 is 10.9. The Morgan fingerprint density at radius 3 is 1.53 bits per heavy atom. The van der Waals surface area contributed by atoms with Gasteiger partial charge in [0.25, 0.3) is 0 Å². The number of benzene rings is 4. The van der Waals surface area contributed by atoms with E-state index in [2.05, 4.69) is 13.0 Å². The molecule has 1 unspecified atom stereocenters. The molecule has 168 valence electrons. The van der Waals surface area contributed by atoms with Crippen molar-refractivity contribution in [3.8, 4) is 11.5 Å². The molecule has 0 amide bonds. The molecule has 4 nitrogen and oxygen atoms in total. The highest BCUT2D eigenvalue weighted by Gasteiger charge is 2.09. The van der Waals surface area contributed by atoms with Gasteiger partial charge in [-0.2, -0.15) is 0 Å². The molecule has 4 aromatic rings. The maximum absolute atomic E-state index is 12.2. The van der Waals surface area contributed by atoms with Crippen molar-refractivity contribution < 1.29 is 19.1 Å². The predicted octanol–water partition coefficient (Wildman–Crippen LogP) is 6.94. The molecule has 0 saturated carbocycles. The third-order valence-corrected chi connectivity index (χ3v) is 5.30. The van der Waals surface area contributed by atoms with Crippen LogP contribution in [0.4, 0.5) is 0 Å². The first-order chi connectivity index (χ1) is 16.6. The molecule has 0 fully saturated rings. The number of ether oxygens (including phenoxy) is 2. The monoisotopic (exact) mass is 448 g/mol. The van der Waals surface area contributed by atoms with E-state index in [1.165, 1.54) is 0 Å². The van der Waals surface area contributed by atoms with Gasteiger partial charge in [0.15, 0.2) is 0 Å². The third-order valence-electron chi connectivity index (χ3n) is 5.30. The largest absolute Gasteiger partial charge is 0.423 e. The summed E-state index contributed by atoms with van der Waals surface area (Å²) in [5, 5.41) is 0. The maximum atomic E-state index is 12.2. The lowest BCUT2D eigenvalue weighted by Crippen LogP contribution is -2.08. The summed E-state index contributed by atoms with van der Waals surface area (Å²) in [6.07, 6.45) is 4.12. The molecule has 0 aliphatic rings. The molecule has 0 heterocycles. The standard InChI is InChI=1S/C30H24O4/c1-22(24-16-20-28(21-17-24)34-30(32)26-10-6-3-7-11-26)12-13-23-14-18-27(19-15-23)33-29(31)25-8-4-2-5-9-25/h2-22H,1H3/b13-12+. The average Bonchev–Trinajstić information content (AvgIpc) is 2.89. The van der Waals surface area contributed by atoms with Crippen LogP contribution in [0.1, 0.15) is 44.7 Å². The van der Waals surface area contributed by atoms with Gasteiger partial charge in [0, 0.05) is 0 Å². The highest BCUT2D eigenvalue weighted by Crippen LogP contribution is 2.23. The van der Waals surface area contributed by atoms with Crippen molar-refractivity contribution in [1.29, 1.82) is 0 Å². The Labute approximate surface area is 199 Å². The summed E-state index contributed by atoms with van der Waals surface area (Å²) in [6.45, 7) is 2.09. The molecule has 4 rings (SSSR count). The highest BCUT2D eigenvalue weighted by atomic mass is 16.5. The number of hydrogen-bond acceptors (Lipinski definition) is 4. The summed E-state index contributed by atoms with van der Waals surface area (Å²) >= 11 is 0. The van der Waals surface area contributed by atoms with Crippen molar-refractivity contribution in [1.82, 2.24) is 0 Å². The number of carbonyl (C=O) groups is 2. The third kappa shape index (κ3) is 6.08. The number of rotatable bonds is 7. The minimum atomic E-state index is -0.379. The Kier molecular flexibility index (Phi) is 7.31. The fraction of sp³-hybridized carbons (Fsp3) is 0.0667. The van der Waals surface area contributed by atoms with Gasteiger partial charge >= 0.3 is 11.9 Å². The average molecular weight is 449 g/mol. The van der Waals surface area contributed by atoms with Crippen LogP contribution in [0.25, 0.3) is 6.08 Å². The van der Waals surface area contributed by atoms with Crippen LogP contribution in [0.5, 0.6) is 11.5 Å². The summed E-state index contributed by atoms with van der Waals surface area (Å²) in [6, 6.07) is 32.7. The van der Waals surface area contributed by atoms with Crippen molar-refractivity contribution in [2.75, 3.05) is 0 Å². The van der Waals surface area contributed by atoms with Crippen LogP contribution in [0.2, 0.25) is 0 Å². The molecule has 0 spiro atoms. The van der Waals surface area contributed by atoms with E-state index in [1.807, 2.05) is 42.5 Å². The molecule has 0 aliphatic carbocycles. The molecule has 0 aromatic heterocycles. The molecule has 0 saturated heterocycles. The molecule has 0 N–H and O–H groups in total. The molecule has 4 aromatic carbocycles. The Bertz CT molecular complexity index is 1260. The highest BCUT2D eigenvalue weighted by molar-refractivity contribution is 5.91. The Morgan fingerprint density at radius 1 is 0.618 bits per heavy atom. The molecular formula is C30H24O4. The molecular weight excluding hydrogens is 424 g/mol. The fourth-order valence-electron chi connectivity index (χ4n) is 3.33. The second-order valence-corrected chi connectivity index (χ2v) is 7.80. The summed E-state index contributed by atoms with van der Waals surface area (Å²) in [7, 11) is 0. The molecule has 34 heavy (non-hydrogen) atoms. The SMILES string of the molecule is CC(/C=C/c1ccc(OC(=O)c2ccccc2)cc1)c1ccc(OC(=O)c2ccccc2)cc1. The first kappa shape index (κ1) is 22.7. The second kappa shape index (κ2) is 10.9. The summed E-state index contributed by atoms with van der Waals surface area (Å²) in [5.41, 5.74) is 3.13. The van der Waals surface area contributed by atoms with Crippen molar-refractivity contribution in [3.05, 3.63) is 138 Å². The lowest BCUT2D eigenvalue weighted by molar-refractivity contribution is 0.0725. The zero-order valence-electron chi connectivity index (χ0n) is 18.8. The summed E-state index contributed by atoms with van der Waals surface area (Å²) in [4.78, 5) is 24.3. The van der Waals surface area contributed by atoms with Gasteiger partial charge in [-0.05, 0) is 65.6 Å². The molecule has 0 radical (unpaired) electrons. The fourth-order valence-corrected chi connectivity index (χ4v) is 3.33. The number of carbonyl (C=O) groups excluding carboxylic acids is 2. The number of esters is 2. The topological polar surface area (TPSA) is 52.6 Å². The van der Waals surface area contributed by atoms with E-state index in [0.717, 1.165) is 11.1 Å². The summed E-state index contributed by atoms with van der Waals surface area (Å²) in [5.74, 6) is 0.415. The van der Waals surface area contributed by atoms with Gasteiger partial charge < -0.3 is 9.47 Å². The zero-order chi connectivity index (χ0) is 23.8. The molecule has 0 bridgehead atoms. The smallest absolute Gasteiger partial charge is 0.343 e. The van der Waals surface area contributed by atoms with Gasteiger partial charge in [-0.15, -0.1) is 0 Å². The van der Waals surface area contributed by atoms with Gasteiger partial charge in [0.1, 0.15) is 11.5 Å². The van der Waals surface area contributed by atoms with E-state index in [9.17, 15) is 9.59 Å². The quantitative estimate of drug-likeness (QED) is 0.227. The van der Waals surface area contributed by atoms with Crippen LogP contribution in [0, 0.1) is 0 Å². The first-order valence-corrected chi connectivity index (χ1v) is 11.0. The van der Waals surface area contributed by atoms with Gasteiger partial charge in [0.2, 0.25) is 0 Å². The van der Waals surface area contributed by atoms with Crippen LogP contribution >= 0.6 is 0 Å². The number of allylic oxidation sites excluding steroid dienone is 1. The molecule has 1 atom stereocenters. The van der Waals surface area contributed by atoms with E-state index in [-0.39, 0.29) is 17.9 Å². The van der Waals surface area contributed by atoms with E-state index in [0.29, 0.717) is 22.6 Å². The van der Waals surface area contributed by atoms with E-state index < -0.39 is 0 Å². The van der Waals surface area contributed by atoms with Gasteiger partial charge in [-0.1, -0.05) is 79.7 Å². The first-order valence-electron chi connectivity index (χ1n) is 11.0. The van der Waals surface area contributed by atoms with Crippen LogP contribution in [0.15, 0.2) is 115 Å². The lowest BCUT2D eigenvalue weighted by atomic mass is 9.99. The van der Waals surface area contributed by atoms with Crippen LogP contribution in [0.3, 0.4) is 0 Å². The van der Waals surface area contributed by atoms with E-state index in [1.54, 1.807) is 72.8 Å². The zero-order valence-corrected chi connectivity index (χ0v) is 18.8. The Morgan fingerprint density at radius 2 is 1.06 bits per heavy atom. The van der Waals surface area contributed by atoms with Gasteiger partial charge in [-0.3, -0.25) is 0 Å².